The third-order valence-electron chi connectivity index (χ3n) is 5.29. The number of fused-ring (bicyclic) bond motifs is 4. The molecule has 0 saturated carbocycles. The minimum atomic E-state index is -0.590. The van der Waals surface area contributed by atoms with Crippen LogP contribution in [0, 0.1) is 0 Å². The van der Waals surface area contributed by atoms with Crippen molar-refractivity contribution in [1.29, 1.82) is 0 Å². The minimum absolute atomic E-state index is 0.0569. The molecule has 0 radical (unpaired) electrons. The molecular weight excluding hydrogens is 379 g/mol. The molecule has 0 aliphatic carbocycles. The Morgan fingerprint density at radius 1 is 1.04 bits per heavy atom. The fourth-order valence-corrected chi connectivity index (χ4v) is 4.57. The standard InChI is InChI=1S/C22H18Cl2N2O/c1-22(2)26-20(17-10-16(23)11-18(24)21(17)27-22)12-19(25-26)15-8-7-13-5-3-4-6-14(13)9-15/h3-11,20H,12H2,1-2H3/t20-/m1/s1. The average molecular weight is 397 g/mol. The van der Waals surface area contributed by atoms with Gasteiger partial charge in [-0.3, -0.25) is 0 Å². The van der Waals surface area contributed by atoms with Gasteiger partial charge in [0.25, 0.3) is 0 Å². The summed E-state index contributed by atoms with van der Waals surface area (Å²) in [6, 6.07) is 18.6. The van der Waals surface area contributed by atoms with Crippen molar-refractivity contribution in [3.05, 3.63) is 75.8 Å². The summed E-state index contributed by atoms with van der Waals surface area (Å²) in [6.45, 7) is 4.03. The Labute approximate surface area is 168 Å². The Hall–Kier alpha value is -2.23. The monoisotopic (exact) mass is 396 g/mol. The number of hydrogen-bond acceptors (Lipinski definition) is 3. The van der Waals surface area contributed by atoms with E-state index in [0.717, 1.165) is 23.3 Å². The van der Waals surface area contributed by atoms with Gasteiger partial charge in [0.2, 0.25) is 0 Å². The van der Waals surface area contributed by atoms with E-state index in [0.29, 0.717) is 15.8 Å². The van der Waals surface area contributed by atoms with Crippen LogP contribution < -0.4 is 4.74 Å². The zero-order valence-corrected chi connectivity index (χ0v) is 16.6. The Morgan fingerprint density at radius 3 is 2.63 bits per heavy atom. The highest BCUT2D eigenvalue weighted by Crippen LogP contribution is 2.50. The zero-order chi connectivity index (χ0) is 18.8. The SMILES string of the molecule is CC1(C)Oc2c(Cl)cc(Cl)cc2[C@H]2CC(c3ccc4ccccc4c3)=NN21. The molecule has 0 fully saturated rings. The number of benzene rings is 3. The van der Waals surface area contributed by atoms with Crippen molar-refractivity contribution in [2.24, 2.45) is 5.10 Å². The summed E-state index contributed by atoms with van der Waals surface area (Å²) in [6.07, 6.45) is 0.787. The molecule has 1 atom stereocenters. The van der Waals surface area contributed by atoms with Crippen LogP contribution >= 0.6 is 23.2 Å². The molecule has 136 valence electrons. The van der Waals surface area contributed by atoms with Crippen molar-refractivity contribution < 1.29 is 4.74 Å². The number of ether oxygens (including phenoxy) is 1. The van der Waals surface area contributed by atoms with Crippen molar-refractivity contribution in [2.45, 2.75) is 32.0 Å². The number of halogens is 2. The third kappa shape index (κ3) is 2.69. The maximum atomic E-state index is 6.42. The molecule has 0 N–H and O–H groups in total. The van der Waals surface area contributed by atoms with Crippen molar-refractivity contribution >= 4 is 39.7 Å². The molecule has 3 aromatic rings. The van der Waals surface area contributed by atoms with Crippen molar-refractivity contribution in [3.63, 3.8) is 0 Å². The second-order valence-electron chi connectivity index (χ2n) is 7.53. The molecule has 5 heteroatoms. The van der Waals surface area contributed by atoms with Crippen molar-refractivity contribution in [3.8, 4) is 5.75 Å². The predicted octanol–water partition coefficient (Wildman–Crippen LogP) is 6.43. The van der Waals surface area contributed by atoms with Crippen LogP contribution in [0.1, 0.15) is 37.4 Å². The maximum absolute atomic E-state index is 6.42. The lowest BCUT2D eigenvalue weighted by molar-refractivity contribution is -0.0910. The molecule has 3 nitrogen and oxygen atoms in total. The minimum Gasteiger partial charge on any atom is -0.465 e. The number of hydrogen-bond donors (Lipinski definition) is 0. The van der Waals surface area contributed by atoms with Crippen LogP contribution in [0.4, 0.5) is 0 Å². The van der Waals surface area contributed by atoms with Gasteiger partial charge in [0.05, 0.1) is 16.8 Å². The highest BCUT2D eigenvalue weighted by Gasteiger charge is 2.45. The van der Waals surface area contributed by atoms with E-state index >= 15 is 0 Å². The number of hydrazone groups is 1. The molecule has 2 heterocycles. The first-order valence-electron chi connectivity index (χ1n) is 8.96. The largest absolute Gasteiger partial charge is 0.465 e. The van der Waals surface area contributed by atoms with Gasteiger partial charge in [-0.05, 0) is 48.4 Å². The van der Waals surface area contributed by atoms with Gasteiger partial charge >= 0.3 is 0 Å². The van der Waals surface area contributed by atoms with Gasteiger partial charge in [0, 0.05) is 17.0 Å². The Morgan fingerprint density at radius 2 is 1.81 bits per heavy atom. The summed E-state index contributed by atoms with van der Waals surface area (Å²) in [7, 11) is 0. The summed E-state index contributed by atoms with van der Waals surface area (Å²) in [4.78, 5) is 0. The molecule has 0 amide bonds. The summed E-state index contributed by atoms with van der Waals surface area (Å²) < 4.78 is 6.20. The smallest absolute Gasteiger partial charge is 0.192 e. The molecule has 0 spiro atoms. The van der Waals surface area contributed by atoms with Crippen LogP contribution in [0.15, 0.2) is 59.7 Å². The molecule has 5 rings (SSSR count). The highest BCUT2D eigenvalue weighted by atomic mass is 35.5. The predicted molar refractivity (Wildman–Crippen MR) is 111 cm³/mol. The summed E-state index contributed by atoms with van der Waals surface area (Å²) in [5, 5.41) is 10.6. The summed E-state index contributed by atoms with van der Waals surface area (Å²) in [5.41, 5.74) is 2.58. The number of rotatable bonds is 1. The Kier molecular flexibility index (Phi) is 3.68. The molecule has 0 bridgehead atoms. The second-order valence-corrected chi connectivity index (χ2v) is 8.37. The molecular formula is C22H18Cl2N2O. The van der Waals surface area contributed by atoms with E-state index in [9.17, 15) is 0 Å². The lowest BCUT2D eigenvalue weighted by Gasteiger charge is -2.44. The maximum Gasteiger partial charge on any atom is 0.192 e. The average Bonchev–Trinajstić information content (AvgIpc) is 3.09. The molecule has 0 saturated heterocycles. The first kappa shape index (κ1) is 16.9. The van der Waals surface area contributed by atoms with Crippen molar-refractivity contribution in [1.82, 2.24) is 5.01 Å². The molecule has 0 aromatic heterocycles. The topological polar surface area (TPSA) is 24.8 Å². The number of nitrogens with zero attached hydrogens (tertiary/aromatic N) is 2. The fourth-order valence-electron chi connectivity index (χ4n) is 4.02. The van der Waals surface area contributed by atoms with E-state index in [1.54, 1.807) is 6.07 Å². The van der Waals surface area contributed by atoms with E-state index in [-0.39, 0.29) is 6.04 Å². The van der Waals surface area contributed by atoms with Gasteiger partial charge in [-0.2, -0.15) is 5.10 Å². The highest BCUT2D eigenvalue weighted by molar-refractivity contribution is 6.35. The molecule has 2 aliphatic rings. The van der Waals surface area contributed by atoms with Crippen LogP contribution in [0.3, 0.4) is 0 Å². The zero-order valence-electron chi connectivity index (χ0n) is 15.0. The third-order valence-corrected chi connectivity index (χ3v) is 5.79. The quantitative estimate of drug-likeness (QED) is 0.473. The lowest BCUT2D eigenvalue weighted by Crippen LogP contribution is -2.48. The van der Waals surface area contributed by atoms with Gasteiger partial charge in [-0.15, -0.1) is 0 Å². The van der Waals surface area contributed by atoms with E-state index in [4.69, 9.17) is 33.0 Å². The Bertz CT molecular complexity index is 1110. The van der Waals surface area contributed by atoms with Crippen LogP contribution in [0.25, 0.3) is 10.8 Å². The molecule has 0 unspecified atom stereocenters. The van der Waals surface area contributed by atoms with E-state index in [1.165, 1.54) is 10.8 Å². The molecule has 3 aromatic carbocycles. The lowest BCUT2D eigenvalue weighted by atomic mass is 9.94. The first-order chi connectivity index (χ1) is 12.9. The van der Waals surface area contributed by atoms with Gasteiger partial charge in [0.15, 0.2) is 5.72 Å². The summed E-state index contributed by atoms with van der Waals surface area (Å²) >= 11 is 12.7. The van der Waals surface area contributed by atoms with Crippen molar-refractivity contribution in [2.75, 3.05) is 0 Å². The molecule has 27 heavy (non-hydrogen) atoms. The summed E-state index contributed by atoms with van der Waals surface area (Å²) in [5.74, 6) is 0.710. The van der Waals surface area contributed by atoms with Crippen LogP contribution in [0.2, 0.25) is 10.0 Å². The van der Waals surface area contributed by atoms with Gasteiger partial charge in [-0.25, -0.2) is 5.01 Å². The van der Waals surface area contributed by atoms with E-state index in [2.05, 4.69) is 42.5 Å². The molecule has 2 aliphatic heterocycles. The first-order valence-corrected chi connectivity index (χ1v) is 9.72. The van der Waals surface area contributed by atoms with Gasteiger partial charge < -0.3 is 4.74 Å². The normalized spacial score (nSPS) is 20.1. The van der Waals surface area contributed by atoms with Gasteiger partial charge in [0.1, 0.15) is 5.75 Å². The van der Waals surface area contributed by atoms with Crippen LogP contribution in [-0.4, -0.2) is 16.4 Å². The van der Waals surface area contributed by atoms with Crippen LogP contribution in [0.5, 0.6) is 5.75 Å². The second kappa shape index (κ2) is 5.88. The van der Waals surface area contributed by atoms with Crippen LogP contribution in [-0.2, 0) is 0 Å². The van der Waals surface area contributed by atoms with E-state index in [1.807, 2.05) is 24.9 Å². The van der Waals surface area contributed by atoms with Gasteiger partial charge in [-0.1, -0.05) is 59.6 Å². The Balaban J connectivity index is 1.60. The van der Waals surface area contributed by atoms with E-state index < -0.39 is 5.72 Å². The fraction of sp³-hybridized carbons (Fsp3) is 0.227.